The zero-order chi connectivity index (χ0) is 9.00. The van der Waals surface area contributed by atoms with Crippen LogP contribution < -0.4 is 0 Å². The molecule has 0 aromatic carbocycles. The van der Waals surface area contributed by atoms with Gasteiger partial charge in [0.15, 0.2) is 0 Å². The number of aliphatic hydroxyl groups excluding tert-OH is 1. The molecule has 3 aliphatic rings. The summed E-state index contributed by atoms with van der Waals surface area (Å²) in [6.45, 7) is 0.345. The fourth-order valence-corrected chi connectivity index (χ4v) is 3.81. The SMILES string of the molecule is CO[C@@H]1[C@H]2C[C@H](CO)[C@@H]1[C@H]1C=C[C@H]12. The Morgan fingerprint density at radius 1 is 1.38 bits per heavy atom. The average molecular weight is 180 g/mol. The van der Waals surface area contributed by atoms with Gasteiger partial charge in [-0.2, -0.15) is 0 Å². The molecule has 0 aromatic heterocycles. The molecule has 72 valence electrons. The Hall–Kier alpha value is -0.340. The Kier molecular flexibility index (Phi) is 1.59. The van der Waals surface area contributed by atoms with E-state index in [-0.39, 0.29) is 0 Å². The molecule has 3 aliphatic carbocycles. The first-order valence-electron chi connectivity index (χ1n) is 5.18. The van der Waals surface area contributed by atoms with E-state index in [0.29, 0.717) is 30.5 Å². The zero-order valence-corrected chi connectivity index (χ0v) is 7.89. The predicted octanol–water partition coefficient (Wildman–Crippen LogP) is 1.06. The molecular formula is C11H16O2. The summed E-state index contributed by atoms with van der Waals surface area (Å²) in [5, 5.41) is 9.25. The van der Waals surface area contributed by atoms with E-state index in [2.05, 4.69) is 12.2 Å². The van der Waals surface area contributed by atoms with E-state index in [9.17, 15) is 5.11 Å². The first kappa shape index (κ1) is 8.01. The van der Waals surface area contributed by atoms with Crippen LogP contribution in [0.2, 0.25) is 0 Å². The molecule has 0 amide bonds. The molecule has 0 unspecified atom stereocenters. The van der Waals surface area contributed by atoms with Gasteiger partial charge in [-0.05, 0) is 36.0 Å². The lowest BCUT2D eigenvalue weighted by Gasteiger charge is -2.36. The van der Waals surface area contributed by atoms with Crippen LogP contribution in [0, 0.1) is 29.6 Å². The summed E-state index contributed by atoms with van der Waals surface area (Å²) in [5.41, 5.74) is 0. The summed E-state index contributed by atoms with van der Waals surface area (Å²) >= 11 is 0. The minimum Gasteiger partial charge on any atom is -0.396 e. The highest BCUT2D eigenvalue weighted by atomic mass is 16.5. The van der Waals surface area contributed by atoms with Crippen molar-refractivity contribution in [2.24, 2.45) is 29.6 Å². The maximum atomic E-state index is 9.25. The normalized spacial score (nSPS) is 56.5. The van der Waals surface area contributed by atoms with Crippen molar-refractivity contribution in [1.29, 1.82) is 0 Å². The third-order valence-corrected chi connectivity index (χ3v) is 4.37. The number of hydrogen-bond donors (Lipinski definition) is 1. The summed E-state index contributed by atoms with van der Waals surface area (Å²) in [5.74, 6) is 3.30. The van der Waals surface area contributed by atoms with Crippen molar-refractivity contribution in [3.8, 4) is 0 Å². The molecule has 2 heteroatoms. The molecule has 6 atom stereocenters. The molecule has 2 bridgehead atoms. The van der Waals surface area contributed by atoms with Gasteiger partial charge in [-0.15, -0.1) is 0 Å². The molecular weight excluding hydrogens is 164 g/mol. The maximum absolute atomic E-state index is 9.25. The highest BCUT2D eigenvalue weighted by Crippen LogP contribution is 2.60. The number of ether oxygens (including phenoxy) is 1. The molecule has 0 heterocycles. The predicted molar refractivity (Wildman–Crippen MR) is 49.1 cm³/mol. The Balaban J connectivity index is 1.90. The van der Waals surface area contributed by atoms with Gasteiger partial charge in [0.2, 0.25) is 0 Å². The molecule has 2 saturated carbocycles. The van der Waals surface area contributed by atoms with Gasteiger partial charge in [0, 0.05) is 13.7 Å². The van der Waals surface area contributed by atoms with E-state index in [1.165, 1.54) is 6.42 Å². The lowest BCUT2D eigenvalue weighted by molar-refractivity contribution is 0.0489. The maximum Gasteiger partial charge on any atom is 0.0642 e. The average Bonchev–Trinajstić information content (AvgIpc) is 2.50. The van der Waals surface area contributed by atoms with Gasteiger partial charge in [-0.25, -0.2) is 0 Å². The number of aliphatic hydroxyl groups is 1. The number of rotatable bonds is 2. The molecule has 2 nitrogen and oxygen atoms in total. The van der Waals surface area contributed by atoms with E-state index < -0.39 is 0 Å². The van der Waals surface area contributed by atoms with Crippen LogP contribution in [0.25, 0.3) is 0 Å². The fraction of sp³-hybridized carbons (Fsp3) is 0.818. The van der Waals surface area contributed by atoms with Gasteiger partial charge >= 0.3 is 0 Å². The van der Waals surface area contributed by atoms with E-state index in [4.69, 9.17) is 4.74 Å². The van der Waals surface area contributed by atoms with Gasteiger partial charge in [0.25, 0.3) is 0 Å². The Bertz CT molecular complexity index is 248. The summed E-state index contributed by atoms with van der Waals surface area (Å²) in [6, 6.07) is 0. The van der Waals surface area contributed by atoms with Crippen molar-refractivity contribution >= 4 is 0 Å². The quantitative estimate of drug-likeness (QED) is 0.644. The van der Waals surface area contributed by atoms with Crippen LogP contribution in [0.3, 0.4) is 0 Å². The van der Waals surface area contributed by atoms with Crippen molar-refractivity contribution in [3.63, 3.8) is 0 Å². The molecule has 0 saturated heterocycles. The molecule has 0 aromatic rings. The van der Waals surface area contributed by atoms with Crippen LogP contribution in [-0.2, 0) is 4.74 Å². The van der Waals surface area contributed by atoms with Crippen LogP contribution in [0.1, 0.15) is 6.42 Å². The fourth-order valence-electron chi connectivity index (χ4n) is 3.81. The van der Waals surface area contributed by atoms with Gasteiger partial charge in [0.05, 0.1) is 6.10 Å². The smallest absolute Gasteiger partial charge is 0.0642 e. The molecule has 3 rings (SSSR count). The highest BCUT2D eigenvalue weighted by Gasteiger charge is 2.59. The van der Waals surface area contributed by atoms with Gasteiger partial charge in [-0.3, -0.25) is 0 Å². The largest absolute Gasteiger partial charge is 0.396 e. The van der Waals surface area contributed by atoms with Crippen LogP contribution in [0.4, 0.5) is 0 Å². The molecule has 1 N–H and O–H groups in total. The van der Waals surface area contributed by atoms with Crippen LogP contribution >= 0.6 is 0 Å². The third-order valence-electron chi connectivity index (χ3n) is 4.37. The zero-order valence-electron chi connectivity index (χ0n) is 7.89. The van der Waals surface area contributed by atoms with Crippen molar-refractivity contribution in [2.75, 3.05) is 13.7 Å². The second-order valence-electron chi connectivity index (χ2n) is 4.66. The standard InChI is InChI=1S/C11H16O2/c1-13-11-9-4-6(5-12)10(11)8-3-2-7(8)9/h2-3,6-12H,4-5H2,1H3/t6-,7-,8+,9+,10-,11-/m1/s1. The van der Waals surface area contributed by atoms with Crippen LogP contribution in [0.15, 0.2) is 12.2 Å². The van der Waals surface area contributed by atoms with E-state index in [1.807, 2.05) is 7.11 Å². The topological polar surface area (TPSA) is 29.5 Å². The lowest BCUT2D eigenvalue weighted by atomic mass is 9.68. The van der Waals surface area contributed by atoms with Crippen LogP contribution in [-0.4, -0.2) is 24.9 Å². The van der Waals surface area contributed by atoms with Crippen LogP contribution in [0.5, 0.6) is 0 Å². The second-order valence-corrected chi connectivity index (χ2v) is 4.66. The van der Waals surface area contributed by atoms with E-state index in [1.54, 1.807) is 0 Å². The molecule has 0 spiro atoms. The third kappa shape index (κ3) is 0.810. The number of fused-ring (bicyclic) bond motifs is 5. The minimum atomic E-state index is 0.345. The second kappa shape index (κ2) is 2.58. The Labute approximate surface area is 78.6 Å². The van der Waals surface area contributed by atoms with Crippen molar-refractivity contribution in [2.45, 2.75) is 12.5 Å². The monoisotopic (exact) mass is 180 g/mol. The lowest BCUT2D eigenvalue weighted by Crippen LogP contribution is -2.32. The highest BCUT2D eigenvalue weighted by molar-refractivity contribution is 5.23. The summed E-state index contributed by atoms with van der Waals surface area (Å²) in [4.78, 5) is 0. The number of hydrogen-bond acceptors (Lipinski definition) is 2. The number of methoxy groups -OCH3 is 1. The molecule has 0 aliphatic heterocycles. The Morgan fingerprint density at radius 3 is 2.69 bits per heavy atom. The van der Waals surface area contributed by atoms with Crippen molar-refractivity contribution in [3.05, 3.63) is 12.2 Å². The van der Waals surface area contributed by atoms with Gasteiger partial charge in [0.1, 0.15) is 0 Å². The first-order valence-corrected chi connectivity index (χ1v) is 5.18. The number of allylic oxidation sites excluding steroid dienone is 2. The minimum absolute atomic E-state index is 0.345. The summed E-state index contributed by atoms with van der Waals surface area (Å²) in [7, 11) is 1.81. The summed E-state index contributed by atoms with van der Waals surface area (Å²) in [6.07, 6.45) is 6.23. The molecule has 2 fully saturated rings. The van der Waals surface area contributed by atoms with Gasteiger partial charge < -0.3 is 9.84 Å². The molecule has 13 heavy (non-hydrogen) atoms. The van der Waals surface area contributed by atoms with E-state index in [0.717, 1.165) is 11.8 Å². The van der Waals surface area contributed by atoms with Crippen molar-refractivity contribution in [1.82, 2.24) is 0 Å². The first-order chi connectivity index (χ1) is 6.36. The Morgan fingerprint density at radius 2 is 2.15 bits per heavy atom. The van der Waals surface area contributed by atoms with E-state index >= 15 is 0 Å². The molecule has 0 radical (unpaired) electrons. The van der Waals surface area contributed by atoms with Crippen molar-refractivity contribution < 1.29 is 9.84 Å². The van der Waals surface area contributed by atoms with Gasteiger partial charge in [-0.1, -0.05) is 12.2 Å². The summed E-state index contributed by atoms with van der Waals surface area (Å²) < 4.78 is 5.56.